The molecule has 2 N–H and O–H groups in total. The highest BCUT2D eigenvalue weighted by Crippen LogP contribution is 2.23. The maximum absolute atomic E-state index is 13.4. The maximum atomic E-state index is 13.4. The van der Waals surface area contributed by atoms with Crippen LogP contribution in [0.15, 0.2) is 18.2 Å². The Morgan fingerprint density at radius 1 is 1.18 bits per heavy atom. The van der Waals surface area contributed by atoms with Gasteiger partial charge in [0.1, 0.15) is 11.6 Å². The summed E-state index contributed by atoms with van der Waals surface area (Å²) in [5.41, 5.74) is -0.277. The van der Waals surface area contributed by atoms with Gasteiger partial charge in [0.25, 0.3) is 5.91 Å². The van der Waals surface area contributed by atoms with Crippen LogP contribution in [-0.2, 0) is 4.79 Å². The Morgan fingerprint density at radius 2 is 1.86 bits per heavy atom. The lowest BCUT2D eigenvalue weighted by Crippen LogP contribution is -2.43. The van der Waals surface area contributed by atoms with Crippen LogP contribution in [0.4, 0.5) is 8.78 Å². The lowest BCUT2D eigenvalue weighted by Gasteiger charge is -2.26. The van der Waals surface area contributed by atoms with Gasteiger partial charge in [0, 0.05) is 12.1 Å². The lowest BCUT2D eigenvalue weighted by molar-refractivity contribution is -0.121. The highest BCUT2D eigenvalue weighted by molar-refractivity contribution is 5.96. The van der Waals surface area contributed by atoms with E-state index in [0.29, 0.717) is 12.0 Å². The molecule has 0 aromatic heterocycles. The SMILES string of the molecule is CC1CCC(NC(=O)CNC(=O)c2ccc(F)cc2F)CC1. The maximum Gasteiger partial charge on any atom is 0.254 e. The van der Waals surface area contributed by atoms with Crippen LogP contribution in [0, 0.1) is 17.6 Å². The van der Waals surface area contributed by atoms with Gasteiger partial charge in [-0.2, -0.15) is 0 Å². The second kappa shape index (κ2) is 7.33. The fraction of sp³-hybridized carbons (Fsp3) is 0.500. The molecular formula is C16H20F2N2O2. The van der Waals surface area contributed by atoms with Gasteiger partial charge in [-0.25, -0.2) is 8.78 Å². The standard InChI is InChI=1S/C16H20F2N2O2/c1-10-2-5-12(6-3-10)20-15(21)9-19-16(22)13-7-4-11(17)8-14(13)18/h4,7-8,10,12H,2-3,5-6,9H2,1H3,(H,19,22)(H,20,21). The Hall–Kier alpha value is -1.98. The van der Waals surface area contributed by atoms with Crippen molar-refractivity contribution in [2.45, 2.75) is 38.6 Å². The van der Waals surface area contributed by atoms with Gasteiger partial charge in [0.05, 0.1) is 12.1 Å². The molecule has 1 aliphatic carbocycles. The van der Waals surface area contributed by atoms with E-state index >= 15 is 0 Å². The summed E-state index contributed by atoms with van der Waals surface area (Å²) in [6.45, 7) is 1.97. The number of hydrogen-bond donors (Lipinski definition) is 2. The van der Waals surface area contributed by atoms with Gasteiger partial charge in [-0.1, -0.05) is 6.92 Å². The first kappa shape index (κ1) is 16.4. The summed E-state index contributed by atoms with van der Waals surface area (Å²) < 4.78 is 26.2. The number of amides is 2. The molecule has 0 saturated heterocycles. The number of nitrogens with one attached hydrogen (secondary N) is 2. The van der Waals surface area contributed by atoms with Gasteiger partial charge in [-0.15, -0.1) is 0 Å². The Morgan fingerprint density at radius 3 is 2.50 bits per heavy atom. The van der Waals surface area contributed by atoms with Crippen LogP contribution in [0.5, 0.6) is 0 Å². The van der Waals surface area contributed by atoms with Gasteiger partial charge in [-0.05, 0) is 43.7 Å². The molecule has 0 radical (unpaired) electrons. The smallest absolute Gasteiger partial charge is 0.254 e. The molecule has 2 amide bonds. The van der Waals surface area contributed by atoms with Crippen molar-refractivity contribution in [1.82, 2.24) is 10.6 Å². The molecule has 120 valence electrons. The van der Waals surface area contributed by atoms with Crippen LogP contribution < -0.4 is 10.6 Å². The van der Waals surface area contributed by atoms with Gasteiger partial charge in [0.2, 0.25) is 5.91 Å². The highest BCUT2D eigenvalue weighted by atomic mass is 19.1. The average molecular weight is 310 g/mol. The second-order valence-electron chi connectivity index (χ2n) is 5.83. The molecule has 0 atom stereocenters. The fourth-order valence-electron chi connectivity index (χ4n) is 2.61. The third-order valence-electron chi connectivity index (χ3n) is 3.97. The zero-order valence-electron chi connectivity index (χ0n) is 12.5. The summed E-state index contributed by atoms with van der Waals surface area (Å²) in [5.74, 6) is -2.04. The minimum absolute atomic E-state index is 0.142. The van der Waals surface area contributed by atoms with E-state index < -0.39 is 17.5 Å². The topological polar surface area (TPSA) is 58.2 Å². The minimum atomic E-state index is -0.945. The number of carbonyl (C=O) groups is 2. The molecule has 0 bridgehead atoms. The van der Waals surface area contributed by atoms with Gasteiger partial charge in [0.15, 0.2) is 0 Å². The van der Waals surface area contributed by atoms with Gasteiger partial charge >= 0.3 is 0 Å². The molecule has 1 aliphatic rings. The Balaban J connectivity index is 1.79. The molecule has 0 spiro atoms. The third-order valence-corrected chi connectivity index (χ3v) is 3.97. The van der Waals surface area contributed by atoms with E-state index in [9.17, 15) is 18.4 Å². The third kappa shape index (κ3) is 4.51. The zero-order valence-corrected chi connectivity index (χ0v) is 12.5. The monoisotopic (exact) mass is 310 g/mol. The molecule has 2 rings (SSSR count). The molecule has 1 fully saturated rings. The van der Waals surface area contributed by atoms with Crippen molar-refractivity contribution in [3.8, 4) is 0 Å². The Kier molecular flexibility index (Phi) is 5.46. The molecule has 6 heteroatoms. The quantitative estimate of drug-likeness (QED) is 0.897. The molecule has 1 saturated carbocycles. The molecule has 1 aromatic rings. The second-order valence-corrected chi connectivity index (χ2v) is 5.83. The number of benzene rings is 1. The zero-order chi connectivity index (χ0) is 16.1. The van der Waals surface area contributed by atoms with Crippen molar-refractivity contribution in [3.63, 3.8) is 0 Å². The van der Waals surface area contributed by atoms with Crippen LogP contribution >= 0.6 is 0 Å². The summed E-state index contributed by atoms with van der Waals surface area (Å²) in [6.07, 6.45) is 4.04. The van der Waals surface area contributed by atoms with Crippen molar-refractivity contribution < 1.29 is 18.4 Å². The first-order valence-corrected chi connectivity index (χ1v) is 7.48. The van der Waals surface area contributed by atoms with Gasteiger partial charge < -0.3 is 10.6 Å². The van der Waals surface area contributed by atoms with E-state index in [1.807, 2.05) is 0 Å². The predicted octanol–water partition coefficient (Wildman–Crippen LogP) is 2.39. The van der Waals surface area contributed by atoms with Crippen molar-refractivity contribution in [3.05, 3.63) is 35.4 Å². The first-order chi connectivity index (χ1) is 10.5. The van der Waals surface area contributed by atoms with E-state index in [1.165, 1.54) is 0 Å². The van der Waals surface area contributed by atoms with Crippen molar-refractivity contribution >= 4 is 11.8 Å². The first-order valence-electron chi connectivity index (χ1n) is 7.48. The summed E-state index contributed by atoms with van der Waals surface area (Å²) in [7, 11) is 0. The van der Waals surface area contributed by atoms with E-state index in [2.05, 4.69) is 17.6 Å². The van der Waals surface area contributed by atoms with Crippen LogP contribution in [-0.4, -0.2) is 24.4 Å². The van der Waals surface area contributed by atoms with Crippen molar-refractivity contribution in [1.29, 1.82) is 0 Å². The molecule has 1 aromatic carbocycles. The molecule has 22 heavy (non-hydrogen) atoms. The number of rotatable bonds is 4. The summed E-state index contributed by atoms with van der Waals surface area (Å²) >= 11 is 0. The largest absolute Gasteiger partial charge is 0.352 e. The normalized spacial score (nSPS) is 21.2. The average Bonchev–Trinajstić information content (AvgIpc) is 2.47. The summed E-state index contributed by atoms with van der Waals surface area (Å²) in [6, 6.07) is 2.84. The van der Waals surface area contributed by atoms with E-state index in [4.69, 9.17) is 0 Å². The molecule has 0 aliphatic heterocycles. The minimum Gasteiger partial charge on any atom is -0.352 e. The molecule has 0 heterocycles. The Labute approximate surface area is 128 Å². The fourth-order valence-corrected chi connectivity index (χ4v) is 2.61. The number of halogens is 2. The van der Waals surface area contributed by atoms with Crippen LogP contribution in [0.25, 0.3) is 0 Å². The summed E-state index contributed by atoms with van der Waals surface area (Å²) in [4.78, 5) is 23.6. The van der Waals surface area contributed by atoms with E-state index in [0.717, 1.165) is 37.8 Å². The Bertz CT molecular complexity index is 555. The summed E-state index contributed by atoms with van der Waals surface area (Å²) in [5, 5.41) is 5.21. The molecule has 0 unspecified atom stereocenters. The van der Waals surface area contributed by atoms with E-state index in [-0.39, 0.29) is 24.1 Å². The molecular weight excluding hydrogens is 290 g/mol. The predicted molar refractivity (Wildman–Crippen MR) is 78.3 cm³/mol. The van der Waals surface area contributed by atoms with Crippen LogP contribution in [0.3, 0.4) is 0 Å². The highest BCUT2D eigenvalue weighted by Gasteiger charge is 2.20. The number of carbonyl (C=O) groups excluding carboxylic acids is 2. The van der Waals surface area contributed by atoms with Crippen LogP contribution in [0.1, 0.15) is 43.0 Å². The van der Waals surface area contributed by atoms with Crippen LogP contribution in [0.2, 0.25) is 0 Å². The van der Waals surface area contributed by atoms with Crippen molar-refractivity contribution in [2.75, 3.05) is 6.54 Å². The van der Waals surface area contributed by atoms with Crippen molar-refractivity contribution in [2.24, 2.45) is 5.92 Å². The molecule has 4 nitrogen and oxygen atoms in total. The lowest BCUT2D eigenvalue weighted by atomic mass is 9.87. The van der Waals surface area contributed by atoms with Gasteiger partial charge in [-0.3, -0.25) is 9.59 Å². The number of hydrogen-bond acceptors (Lipinski definition) is 2. The van der Waals surface area contributed by atoms with E-state index in [1.54, 1.807) is 0 Å².